The summed E-state index contributed by atoms with van der Waals surface area (Å²) in [6.07, 6.45) is 0. The Morgan fingerprint density at radius 1 is 0.339 bits per heavy atom. The Labute approximate surface area is 341 Å². The average Bonchev–Trinajstić information content (AvgIpc) is 3.85. The highest BCUT2D eigenvalue weighted by Crippen LogP contribution is 2.46. The molecule has 0 amide bonds. The number of benzene rings is 10. The molecule has 0 aliphatic carbocycles. The van der Waals surface area contributed by atoms with Crippen molar-refractivity contribution in [3.63, 3.8) is 0 Å². The lowest BCUT2D eigenvalue weighted by molar-refractivity contribution is 0.669. The zero-order valence-electron chi connectivity index (χ0n) is 32.1. The number of fused-ring (bicyclic) bond motifs is 9. The number of hydrogen-bond donors (Lipinski definition) is 0. The normalized spacial score (nSPS) is 11.7. The molecule has 0 fully saturated rings. The van der Waals surface area contributed by atoms with Gasteiger partial charge < -0.3 is 13.9 Å². The first-order valence-corrected chi connectivity index (χ1v) is 20.2. The molecule has 0 unspecified atom stereocenters. The van der Waals surface area contributed by atoms with Gasteiger partial charge in [0.05, 0.1) is 16.7 Å². The predicted octanol–water partition coefficient (Wildman–Crippen LogP) is 15.8. The maximum absolute atomic E-state index is 6.92. The zero-order chi connectivity index (χ0) is 38.9. The van der Waals surface area contributed by atoms with E-state index in [1.165, 1.54) is 43.7 Å². The first-order chi connectivity index (χ1) is 29.2. The second-order valence-corrected chi connectivity index (χ2v) is 15.3. The lowest BCUT2D eigenvalue weighted by atomic mass is 9.98. The van der Waals surface area contributed by atoms with Gasteiger partial charge in [0.15, 0.2) is 0 Å². The van der Waals surface area contributed by atoms with Crippen molar-refractivity contribution in [2.24, 2.45) is 0 Å². The summed E-state index contributed by atoms with van der Waals surface area (Å²) in [5.74, 6) is 0. The van der Waals surface area contributed by atoms with Crippen LogP contribution in [0.25, 0.3) is 93.2 Å². The Hall–Kier alpha value is -7.88. The van der Waals surface area contributed by atoms with Gasteiger partial charge in [0, 0.05) is 50.1 Å². The SMILES string of the molecule is c1ccc(-c2ccc(N(c3ccc4ccccc4c3)c3cc4oc5cc(-c6ccc7c(c6)c6ccccc6n7-c6ccccc6)ccc5c4c4ccccc34)cc2)cc1. The number of nitrogens with zero attached hydrogens (tertiary/aromatic N) is 2. The minimum absolute atomic E-state index is 0.860. The smallest absolute Gasteiger partial charge is 0.138 e. The van der Waals surface area contributed by atoms with E-state index in [0.717, 1.165) is 66.6 Å². The van der Waals surface area contributed by atoms with Crippen LogP contribution < -0.4 is 4.90 Å². The summed E-state index contributed by atoms with van der Waals surface area (Å²) < 4.78 is 9.28. The highest BCUT2D eigenvalue weighted by atomic mass is 16.3. The monoisotopic (exact) mass is 752 g/mol. The summed E-state index contributed by atoms with van der Waals surface area (Å²) in [5.41, 5.74) is 13.2. The van der Waals surface area contributed by atoms with Crippen LogP contribution in [-0.4, -0.2) is 4.57 Å². The van der Waals surface area contributed by atoms with Gasteiger partial charge in [-0.1, -0.05) is 146 Å². The van der Waals surface area contributed by atoms with Crippen LogP contribution in [0.5, 0.6) is 0 Å². The Morgan fingerprint density at radius 3 is 1.78 bits per heavy atom. The first kappa shape index (κ1) is 33.3. The molecular formula is C56H36N2O. The van der Waals surface area contributed by atoms with Gasteiger partial charge in [-0.25, -0.2) is 0 Å². The van der Waals surface area contributed by atoms with E-state index in [1.54, 1.807) is 0 Å². The van der Waals surface area contributed by atoms with Gasteiger partial charge in [-0.3, -0.25) is 0 Å². The largest absolute Gasteiger partial charge is 0.456 e. The van der Waals surface area contributed by atoms with Gasteiger partial charge in [-0.15, -0.1) is 0 Å². The van der Waals surface area contributed by atoms with E-state index < -0.39 is 0 Å². The molecule has 59 heavy (non-hydrogen) atoms. The van der Waals surface area contributed by atoms with E-state index in [4.69, 9.17) is 4.42 Å². The van der Waals surface area contributed by atoms with Gasteiger partial charge in [0.25, 0.3) is 0 Å². The van der Waals surface area contributed by atoms with E-state index in [-0.39, 0.29) is 0 Å². The van der Waals surface area contributed by atoms with Crippen LogP contribution in [0.4, 0.5) is 17.1 Å². The van der Waals surface area contributed by atoms with Crippen LogP contribution in [0, 0.1) is 0 Å². The highest BCUT2D eigenvalue weighted by molar-refractivity contribution is 6.23. The standard InChI is InChI=1S/C56H36N2O/c1-3-13-37(14-4-1)39-23-28-44(29-24-39)57(45-30-25-38-15-7-8-16-40(38)33-45)53-36-55-56(48-21-10-9-19-46(48)53)49-31-26-42(35-54(49)59-55)41-27-32-52-50(34-41)47-20-11-12-22-51(47)58(52)43-17-5-2-6-18-43/h1-36H. The number of rotatable bonds is 6. The maximum atomic E-state index is 6.92. The Morgan fingerprint density at radius 2 is 0.949 bits per heavy atom. The third-order valence-electron chi connectivity index (χ3n) is 11.9. The van der Waals surface area contributed by atoms with Crippen molar-refractivity contribution in [2.45, 2.75) is 0 Å². The lowest BCUT2D eigenvalue weighted by Crippen LogP contribution is -2.10. The van der Waals surface area contributed by atoms with Gasteiger partial charge in [0.1, 0.15) is 11.2 Å². The fourth-order valence-electron chi connectivity index (χ4n) is 9.17. The van der Waals surface area contributed by atoms with Crippen LogP contribution in [0.3, 0.4) is 0 Å². The van der Waals surface area contributed by atoms with Gasteiger partial charge in [-0.05, 0) is 105 Å². The fourth-order valence-corrected chi connectivity index (χ4v) is 9.17. The van der Waals surface area contributed by atoms with Crippen molar-refractivity contribution in [1.82, 2.24) is 4.57 Å². The summed E-state index contributed by atoms with van der Waals surface area (Å²) >= 11 is 0. The molecule has 0 N–H and O–H groups in total. The molecule has 0 bridgehead atoms. The molecule has 0 aliphatic rings. The van der Waals surface area contributed by atoms with Crippen LogP contribution in [0.1, 0.15) is 0 Å². The Balaban J connectivity index is 1.03. The van der Waals surface area contributed by atoms with Crippen LogP contribution >= 0.6 is 0 Å². The van der Waals surface area contributed by atoms with Gasteiger partial charge in [-0.2, -0.15) is 0 Å². The van der Waals surface area contributed by atoms with Gasteiger partial charge in [0.2, 0.25) is 0 Å². The molecule has 12 rings (SSSR count). The minimum Gasteiger partial charge on any atom is -0.456 e. The second kappa shape index (κ2) is 13.4. The molecule has 3 heteroatoms. The van der Waals surface area contributed by atoms with E-state index in [1.807, 2.05) is 0 Å². The average molecular weight is 753 g/mol. The molecule has 0 saturated heterocycles. The van der Waals surface area contributed by atoms with E-state index in [0.29, 0.717) is 0 Å². The molecule has 12 aromatic rings. The molecule has 0 saturated carbocycles. The highest BCUT2D eigenvalue weighted by Gasteiger charge is 2.21. The number of aromatic nitrogens is 1. The van der Waals surface area contributed by atoms with E-state index in [9.17, 15) is 0 Å². The van der Waals surface area contributed by atoms with Crippen molar-refractivity contribution in [1.29, 1.82) is 0 Å². The Bertz CT molecular complexity index is 3540. The molecule has 276 valence electrons. The van der Waals surface area contributed by atoms with Crippen LogP contribution in [0.15, 0.2) is 223 Å². The van der Waals surface area contributed by atoms with Crippen molar-refractivity contribution in [2.75, 3.05) is 4.90 Å². The number of furan rings is 1. The van der Waals surface area contributed by atoms with Crippen molar-refractivity contribution < 1.29 is 4.42 Å². The van der Waals surface area contributed by atoms with Crippen LogP contribution in [0.2, 0.25) is 0 Å². The predicted molar refractivity (Wildman–Crippen MR) is 249 cm³/mol. The molecule has 10 aromatic carbocycles. The summed E-state index contributed by atoms with van der Waals surface area (Å²) in [6.45, 7) is 0. The third kappa shape index (κ3) is 5.44. The quantitative estimate of drug-likeness (QED) is 0.169. The molecule has 2 aromatic heterocycles. The number of para-hydroxylation sites is 2. The topological polar surface area (TPSA) is 21.3 Å². The molecule has 0 atom stereocenters. The lowest BCUT2D eigenvalue weighted by Gasteiger charge is -2.27. The molecule has 0 spiro atoms. The second-order valence-electron chi connectivity index (χ2n) is 15.3. The summed E-state index contributed by atoms with van der Waals surface area (Å²) in [7, 11) is 0. The van der Waals surface area contributed by atoms with E-state index >= 15 is 0 Å². The van der Waals surface area contributed by atoms with Gasteiger partial charge >= 0.3 is 0 Å². The van der Waals surface area contributed by atoms with E-state index in [2.05, 4.69) is 228 Å². The molecule has 0 radical (unpaired) electrons. The molecule has 3 nitrogen and oxygen atoms in total. The van der Waals surface area contributed by atoms with Crippen molar-refractivity contribution in [3.8, 4) is 27.9 Å². The fraction of sp³-hybridized carbons (Fsp3) is 0. The van der Waals surface area contributed by atoms with Crippen LogP contribution in [-0.2, 0) is 0 Å². The zero-order valence-corrected chi connectivity index (χ0v) is 32.1. The third-order valence-corrected chi connectivity index (χ3v) is 11.9. The van der Waals surface area contributed by atoms with Crippen molar-refractivity contribution >= 4 is 82.4 Å². The number of anilines is 3. The maximum Gasteiger partial charge on any atom is 0.138 e. The number of hydrogen-bond acceptors (Lipinski definition) is 2. The van der Waals surface area contributed by atoms with Crippen molar-refractivity contribution in [3.05, 3.63) is 218 Å². The molecule has 2 heterocycles. The Kier molecular flexibility index (Phi) is 7.54. The summed E-state index contributed by atoms with van der Waals surface area (Å²) in [6, 6.07) is 78.6. The minimum atomic E-state index is 0.860. The molecule has 0 aliphatic heterocycles. The summed E-state index contributed by atoms with van der Waals surface area (Å²) in [4.78, 5) is 2.38. The summed E-state index contributed by atoms with van der Waals surface area (Å²) in [5, 5.41) is 9.43. The molecular weight excluding hydrogens is 717 g/mol. The first-order valence-electron chi connectivity index (χ1n) is 20.2.